The minimum absolute atomic E-state index is 0.121. The van der Waals surface area contributed by atoms with Crippen molar-refractivity contribution in [3.05, 3.63) is 59.8 Å². The van der Waals surface area contributed by atoms with E-state index in [9.17, 15) is 14.4 Å². The number of hydrogen-bond donors (Lipinski definition) is 1. The Bertz CT molecular complexity index is 936. The number of carbonyl (C=O) groups is 3. The molecule has 170 valence electrons. The van der Waals surface area contributed by atoms with E-state index in [2.05, 4.69) is 10.3 Å². The summed E-state index contributed by atoms with van der Waals surface area (Å²) in [6.07, 6.45) is 2.30. The van der Waals surface area contributed by atoms with Gasteiger partial charge in [0.25, 0.3) is 0 Å². The molecule has 0 radical (unpaired) electrons. The smallest absolute Gasteiger partial charge is 0.410 e. The Morgan fingerprint density at radius 2 is 1.94 bits per heavy atom. The quantitative estimate of drug-likeness (QED) is 0.625. The molecule has 32 heavy (non-hydrogen) atoms. The van der Waals surface area contributed by atoms with Gasteiger partial charge in [0.05, 0.1) is 14.2 Å². The molecule has 1 aliphatic heterocycles. The molecule has 2 amide bonds. The molecule has 1 N–H and O–H groups in total. The largest absolute Gasteiger partial charge is 0.481 e. The second kappa shape index (κ2) is 11.1. The van der Waals surface area contributed by atoms with Crippen LogP contribution in [0.3, 0.4) is 0 Å². The van der Waals surface area contributed by atoms with E-state index < -0.39 is 30.1 Å². The number of esters is 1. The number of pyridine rings is 1. The van der Waals surface area contributed by atoms with E-state index >= 15 is 0 Å². The maximum Gasteiger partial charge on any atom is 0.410 e. The predicted octanol–water partition coefficient (Wildman–Crippen LogP) is 2.09. The van der Waals surface area contributed by atoms with Crippen LogP contribution < -0.4 is 10.1 Å². The van der Waals surface area contributed by atoms with Gasteiger partial charge in [0.1, 0.15) is 18.7 Å². The Kier molecular flexibility index (Phi) is 8.02. The van der Waals surface area contributed by atoms with Crippen LogP contribution in [0.25, 0.3) is 0 Å². The lowest BCUT2D eigenvalue weighted by Gasteiger charge is -2.25. The van der Waals surface area contributed by atoms with E-state index in [-0.39, 0.29) is 13.0 Å². The van der Waals surface area contributed by atoms with E-state index in [0.717, 1.165) is 5.56 Å². The summed E-state index contributed by atoms with van der Waals surface area (Å²) in [4.78, 5) is 43.4. The molecule has 1 aromatic carbocycles. The van der Waals surface area contributed by atoms with Crippen LogP contribution in [0.2, 0.25) is 0 Å². The number of likely N-dealkylation sites (tertiary alicyclic amines) is 1. The van der Waals surface area contributed by atoms with Crippen LogP contribution in [0.15, 0.2) is 48.7 Å². The summed E-state index contributed by atoms with van der Waals surface area (Å²) >= 11 is 0. The number of aromatic nitrogens is 1. The standard InChI is InChI=1S/C23H27N3O6/c1-30-21-17(10-6-12-24-21)14-18(22(28)31-2)25-20(27)19-11-7-13-26(19)23(29)32-15-16-8-4-3-5-9-16/h3-6,8-10,12,18-19H,7,11,13-15H2,1-2H3,(H,25,27)/t18-,19+/m0/s1. The van der Waals surface area contributed by atoms with Crippen LogP contribution >= 0.6 is 0 Å². The SMILES string of the molecule is COC(=O)[C@H](Cc1cccnc1OC)NC(=O)[C@H]1CCCN1C(=O)OCc1ccccc1. The van der Waals surface area contributed by atoms with E-state index in [1.54, 1.807) is 18.3 Å². The number of nitrogens with zero attached hydrogens (tertiary/aromatic N) is 2. The molecule has 1 aliphatic rings. The number of carbonyl (C=O) groups excluding carboxylic acids is 3. The average Bonchev–Trinajstić information content (AvgIpc) is 3.33. The lowest BCUT2D eigenvalue weighted by atomic mass is 10.1. The van der Waals surface area contributed by atoms with Gasteiger partial charge in [-0.2, -0.15) is 0 Å². The highest BCUT2D eigenvalue weighted by molar-refractivity contribution is 5.90. The Hall–Kier alpha value is -3.62. The molecule has 0 unspecified atom stereocenters. The molecule has 1 fully saturated rings. The molecule has 1 aromatic heterocycles. The number of methoxy groups -OCH3 is 2. The number of amides is 2. The van der Waals surface area contributed by atoms with Crippen molar-refractivity contribution >= 4 is 18.0 Å². The molecule has 0 saturated carbocycles. The zero-order chi connectivity index (χ0) is 22.9. The van der Waals surface area contributed by atoms with Gasteiger partial charge in [0.15, 0.2) is 0 Å². The zero-order valence-corrected chi connectivity index (χ0v) is 18.2. The molecule has 2 aromatic rings. The Morgan fingerprint density at radius 3 is 2.66 bits per heavy atom. The minimum atomic E-state index is -0.951. The molecular formula is C23H27N3O6. The highest BCUT2D eigenvalue weighted by Crippen LogP contribution is 2.21. The molecule has 2 heterocycles. The summed E-state index contributed by atoms with van der Waals surface area (Å²) in [7, 11) is 2.74. The second-order valence-electron chi connectivity index (χ2n) is 7.35. The third kappa shape index (κ3) is 5.75. The maximum absolute atomic E-state index is 13.0. The topological polar surface area (TPSA) is 107 Å². The summed E-state index contributed by atoms with van der Waals surface area (Å²) in [6.45, 7) is 0.529. The van der Waals surface area contributed by atoms with Crippen LogP contribution in [-0.2, 0) is 32.1 Å². The van der Waals surface area contributed by atoms with Crippen molar-refractivity contribution in [2.24, 2.45) is 0 Å². The first-order valence-corrected chi connectivity index (χ1v) is 10.4. The normalized spacial score (nSPS) is 16.2. The fraction of sp³-hybridized carbons (Fsp3) is 0.391. The molecule has 0 bridgehead atoms. The van der Waals surface area contributed by atoms with Crippen LogP contribution in [0.1, 0.15) is 24.0 Å². The number of ether oxygens (including phenoxy) is 3. The molecular weight excluding hydrogens is 414 g/mol. The Balaban J connectivity index is 1.65. The fourth-order valence-corrected chi connectivity index (χ4v) is 3.65. The van der Waals surface area contributed by atoms with E-state index in [0.29, 0.717) is 30.8 Å². The highest BCUT2D eigenvalue weighted by atomic mass is 16.6. The third-order valence-electron chi connectivity index (χ3n) is 5.26. The average molecular weight is 441 g/mol. The van der Waals surface area contributed by atoms with Gasteiger partial charge in [-0.25, -0.2) is 14.6 Å². The number of hydrogen-bond acceptors (Lipinski definition) is 7. The molecule has 0 aliphatic carbocycles. The van der Waals surface area contributed by atoms with Crippen LogP contribution in [0.5, 0.6) is 5.88 Å². The molecule has 0 spiro atoms. The molecule has 2 atom stereocenters. The molecule has 9 heteroatoms. The molecule has 3 rings (SSSR count). The van der Waals surface area contributed by atoms with Gasteiger partial charge in [-0.3, -0.25) is 9.69 Å². The summed E-state index contributed by atoms with van der Waals surface area (Å²) in [5.41, 5.74) is 1.51. The van der Waals surface area contributed by atoms with Gasteiger partial charge in [-0.15, -0.1) is 0 Å². The zero-order valence-electron chi connectivity index (χ0n) is 18.2. The monoisotopic (exact) mass is 441 g/mol. The van der Waals surface area contributed by atoms with Gasteiger partial charge >= 0.3 is 12.1 Å². The van der Waals surface area contributed by atoms with Crippen molar-refractivity contribution < 1.29 is 28.6 Å². The minimum Gasteiger partial charge on any atom is -0.481 e. The van der Waals surface area contributed by atoms with Crippen molar-refractivity contribution in [3.8, 4) is 5.88 Å². The number of benzene rings is 1. The van der Waals surface area contributed by atoms with E-state index in [4.69, 9.17) is 14.2 Å². The first kappa shape index (κ1) is 23.1. The predicted molar refractivity (Wildman–Crippen MR) is 115 cm³/mol. The van der Waals surface area contributed by atoms with Crippen LogP contribution in [0.4, 0.5) is 4.79 Å². The third-order valence-corrected chi connectivity index (χ3v) is 5.26. The summed E-state index contributed by atoms with van der Waals surface area (Å²) < 4.78 is 15.5. The summed E-state index contributed by atoms with van der Waals surface area (Å²) in [5, 5.41) is 2.72. The van der Waals surface area contributed by atoms with Gasteiger partial charge in [0, 0.05) is 24.7 Å². The first-order chi connectivity index (χ1) is 15.5. The second-order valence-corrected chi connectivity index (χ2v) is 7.35. The number of nitrogens with one attached hydrogen (secondary N) is 1. The lowest BCUT2D eigenvalue weighted by Crippen LogP contribution is -2.51. The van der Waals surface area contributed by atoms with Crippen LogP contribution in [-0.4, -0.2) is 60.7 Å². The van der Waals surface area contributed by atoms with Crippen molar-refractivity contribution in [2.75, 3.05) is 20.8 Å². The molecule has 1 saturated heterocycles. The van der Waals surface area contributed by atoms with E-state index in [1.807, 2.05) is 30.3 Å². The number of rotatable bonds is 8. The Morgan fingerprint density at radius 1 is 1.16 bits per heavy atom. The van der Waals surface area contributed by atoms with Crippen molar-refractivity contribution in [2.45, 2.75) is 38.0 Å². The fourth-order valence-electron chi connectivity index (χ4n) is 3.65. The summed E-state index contributed by atoms with van der Waals surface area (Å²) in [6, 6.07) is 11.1. The van der Waals surface area contributed by atoms with Crippen molar-refractivity contribution in [1.82, 2.24) is 15.2 Å². The van der Waals surface area contributed by atoms with Gasteiger partial charge in [0.2, 0.25) is 11.8 Å². The van der Waals surface area contributed by atoms with Crippen LogP contribution in [0, 0.1) is 0 Å². The first-order valence-electron chi connectivity index (χ1n) is 10.4. The Labute approximate surface area is 186 Å². The maximum atomic E-state index is 13.0. The van der Waals surface area contributed by atoms with Crippen molar-refractivity contribution in [1.29, 1.82) is 0 Å². The van der Waals surface area contributed by atoms with Gasteiger partial charge < -0.3 is 19.5 Å². The van der Waals surface area contributed by atoms with Crippen molar-refractivity contribution in [3.63, 3.8) is 0 Å². The lowest BCUT2D eigenvalue weighted by molar-refractivity contribution is -0.145. The van der Waals surface area contributed by atoms with E-state index in [1.165, 1.54) is 19.1 Å². The van der Waals surface area contributed by atoms with Gasteiger partial charge in [-0.1, -0.05) is 36.4 Å². The molecule has 9 nitrogen and oxygen atoms in total. The summed E-state index contributed by atoms with van der Waals surface area (Å²) in [5.74, 6) is -0.666. The highest BCUT2D eigenvalue weighted by Gasteiger charge is 2.37. The van der Waals surface area contributed by atoms with Gasteiger partial charge in [-0.05, 0) is 24.5 Å².